The van der Waals surface area contributed by atoms with E-state index in [9.17, 15) is 4.79 Å². The zero-order chi connectivity index (χ0) is 14.0. The fraction of sp³-hybridized carbons (Fsp3) is 0.923. The van der Waals surface area contributed by atoms with Gasteiger partial charge in [0.1, 0.15) is 6.61 Å². The van der Waals surface area contributed by atoms with Gasteiger partial charge in [0, 0.05) is 12.6 Å². The normalized spacial score (nSPS) is 16.9. The number of nitrogens with two attached hydrogens (primary N) is 1. The first-order chi connectivity index (χ1) is 9.16. The second-order valence-corrected chi connectivity index (χ2v) is 4.83. The number of hydrogen-bond donors (Lipinski definition) is 1. The van der Waals surface area contributed by atoms with Gasteiger partial charge in [-0.15, -0.1) is 0 Å². The molecule has 19 heavy (non-hydrogen) atoms. The van der Waals surface area contributed by atoms with Gasteiger partial charge in [-0.2, -0.15) is 0 Å². The maximum Gasteiger partial charge on any atom is 0.307 e. The molecular formula is C13H25NO5. The molecule has 2 N–H and O–H groups in total. The number of hydrogen-bond acceptors (Lipinski definition) is 6. The predicted octanol–water partition coefficient (Wildman–Crippen LogP) is 0.481. The second-order valence-electron chi connectivity index (χ2n) is 4.83. The van der Waals surface area contributed by atoms with E-state index in [1.54, 1.807) is 7.11 Å². The van der Waals surface area contributed by atoms with E-state index >= 15 is 0 Å². The molecule has 0 aromatic rings. The van der Waals surface area contributed by atoms with Crippen molar-refractivity contribution in [2.45, 2.75) is 31.2 Å². The number of rotatable bonds is 11. The highest BCUT2D eigenvalue weighted by Crippen LogP contribution is 2.32. The van der Waals surface area contributed by atoms with Crippen LogP contribution in [0.15, 0.2) is 0 Å². The van der Waals surface area contributed by atoms with Crippen molar-refractivity contribution >= 4 is 5.97 Å². The molecular weight excluding hydrogens is 250 g/mol. The van der Waals surface area contributed by atoms with Crippen molar-refractivity contribution in [3.8, 4) is 0 Å². The average Bonchev–Trinajstić information content (AvgIpc) is 2.35. The molecule has 1 aliphatic rings. The van der Waals surface area contributed by atoms with E-state index < -0.39 is 0 Å². The molecule has 0 amide bonds. The third kappa shape index (κ3) is 7.47. The molecule has 1 rings (SSSR count). The summed E-state index contributed by atoms with van der Waals surface area (Å²) in [7, 11) is 1.63. The maximum absolute atomic E-state index is 11.5. The van der Waals surface area contributed by atoms with Crippen molar-refractivity contribution in [2.75, 3.05) is 46.8 Å². The number of ether oxygens (including phenoxy) is 4. The Morgan fingerprint density at radius 2 is 1.63 bits per heavy atom. The summed E-state index contributed by atoms with van der Waals surface area (Å²) in [6.45, 7) is 2.81. The highest BCUT2D eigenvalue weighted by atomic mass is 16.6. The van der Waals surface area contributed by atoms with Crippen LogP contribution < -0.4 is 5.73 Å². The topological polar surface area (TPSA) is 80.0 Å². The van der Waals surface area contributed by atoms with Crippen LogP contribution in [-0.4, -0.2) is 58.3 Å². The van der Waals surface area contributed by atoms with Crippen molar-refractivity contribution in [2.24, 2.45) is 5.73 Å². The Balaban J connectivity index is 1.83. The molecule has 0 spiro atoms. The van der Waals surface area contributed by atoms with Crippen LogP contribution in [0.1, 0.15) is 25.7 Å². The number of esters is 1. The third-order valence-corrected chi connectivity index (χ3v) is 3.14. The minimum Gasteiger partial charge on any atom is -0.463 e. The summed E-state index contributed by atoms with van der Waals surface area (Å²) in [5.74, 6) is -0.234. The first kappa shape index (κ1) is 16.4. The Labute approximate surface area is 114 Å². The first-order valence-electron chi connectivity index (χ1n) is 6.75. The van der Waals surface area contributed by atoms with Gasteiger partial charge in [0.25, 0.3) is 0 Å². The molecule has 0 aromatic carbocycles. The minimum absolute atomic E-state index is 0.234. The van der Waals surface area contributed by atoms with Gasteiger partial charge in [0.15, 0.2) is 0 Å². The van der Waals surface area contributed by atoms with Crippen molar-refractivity contribution in [1.82, 2.24) is 0 Å². The molecule has 0 aromatic heterocycles. The zero-order valence-electron chi connectivity index (χ0n) is 11.7. The van der Waals surface area contributed by atoms with Crippen molar-refractivity contribution in [3.63, 3.8) is 0 Å². The highest BCUT2D eigenvalue weighted by molar-refractivity contribution is 5.71. The fourth-order valence-corrected chi connectivity index (χ4v) is 1.82. The van der Waals surface area contributed by atoms with Crippen LogP contribution in [0.5, 0.6) is 0 Å². The lowest BCUT2D eigenvalue weighted by Gasteiger charge is -2.37. The lowest BCUT2D eigenvalue weighted by molar-refractivity contribution is -0.147. The molecule has 1 saturated carbocycles. The van der Waals surface area contributed by atoms with Crippen LogP contribution in [0.25, 0.3) is 0 Å². The number of carbonyl (C=O) groups excluding carboxylic acids is 1. The van der Waals surface area contributed by atoms with E-state index in [2.05, 4.69) is 0 Å². The zero-order valence-corrected chi connectivity index (χ0v) is 11.7. The van der Waals surface area contributed by atoms with Crippen molar-refractivity contribution < 1.29 is 23.7 Å². The summed E-state index contributed by atoms with van der Waals surface area (Å²) < 4.78 is 20.4. The monoisotopic (exact) mass is 275 g/mol. The molecule has 0 saturated heterocycles. The predicted molar refractivity (Wildman–Crippen MR) is 69.9 cm³/mol. The molecule has 112 valence electrons. The van der Waals surface area contributed by atoms with Crippen LogP contribution in [0.4, 0.5) is 0 Å². The average molecular weight is 275 g/mol. The molecule has 1 fully saturated rings. The molecule has 6 nitrogen and oxygen atoms in total. The van der Waals surface area contributed by atoms with Gasteiger partial charge in [0.2, 0.25) is 0 Å². The highest BCUT2D eigenvalue weighted by Gasteiger charge is 2.35. The van der Waals surface area contributed by atoms with Crippen molar-refractivity contribution in [3.05, 3.63) is 0 Å². The summed E-state index contributed by atoms with van der Waals surface area (Å²) in [5.41, 5.74) is 5.64. The van der Waals surface area contributed by atoms with Crippen molar-refractivity contribution in [1.29, 1.82) is 0 Å². The standard InChI is InChI=1S/C13H25NO5/c1-16-5-6-17-7-8-18-9-10-19-12(15)11-13(14)3-2-4-13/h2-11,14H2,1H3. The van der Waals surface area contributed by atoms with E-state index in [4.69, 9.17) is 24.7 Å². The van der Waals surface area contributed by atoms with E-state index in [1.165, 1.54) is 0 Å². The van der Waals surface area contributed by atoms with Crippen LogP contribution in [-0.2, 0) is 23.7 Å². The molecule has 0 unspecified atom stereocenters. The lowest BCUT2D eigenvalue weighted by Crippen LogP contribution is -2.48. The van der Waals surface area contributed by atoms with E-state index in [-0.39, 0.29) is 18.1 Å². The fourth-order valence-electron chi connectivity index (χ4n) is 1.82. The Kier molecular flexibility index (Phi) is 7.97. The third-order valence-electron chi connectivity index (χ3n) is 3.14. The Hall–Kier alpha value is -0.690. The molecule has 0 heterocycles. The largest absolute Gasteiger partial charge is 0.463 e. The summed E-state index contributed by atoms with van der Waals surface area (Å²) in [6, 6.07) is 0. The Bertz CT molecular complexity index is 255. The van der Waals surface area contributed by atoms with Gasteiger partial charge >= 0.3 is 5.97 Å². The number of carbonyl (C=O) groups is 1. The summed E-state index contributed by atoms with van der Waals surface area (Å²) in [4.78, 5) is 11.5. The quantitative estimate of drug-likeness (QED) is 0.436. The van der Waals surface area contributed by atoms with Gasteiger partial charge in [-0.3, -0.25) is 4.79 Å². The molecule has 0 radical (unpaired) electrons. The van der Waals surface area contributed by atoms with Gasteiger partial charge < -0.3 is 24.7 Å². The second kappa shape index (κ2) is 9.25. The summed E-state index contributed by atoms with van der Waals surface area (Å²) in [5, 5.41) is 0. The lowest BCUT2D eigenvalue weighted by atomic mass is 9.75. The van der Waals surface area contributed by atoms with Gasteiger partial charge in [-0.05, 0) is 19.3 Å². The minimum atomic E-state index is -0.312. The Morgan fingerprint density at radius 3 is 2.16 bits per heavy atom. The van der Waals surface area contributed by atoms with Gasteiger partial charge in [0.05, 0.1) is 39.5 Å². The number of methoxy groups -OCH3 is 1. The SMILES string of the molecule is COCCOCCOCCOC(=O)CC1(N)CCC1. The Morgan fingerprint density at radius 1 is 1.05 bits per heavy atom. The van der Waals surface area contributed by atoms with Gasteiger partial charge in [-0.25, -0.2) is 0 Å². The molecule has 0 atom stereocenters. The van der Waals surface area contributed by atoms with E-state index in [0.29, 0.717) is 39.5 Å². The van der Waals surface area contributed by atoms with Crippen LogP contribution >= 0.6 is 0 Å². The van der Waals surface area contributed by atoms with Crippen LogP contribution in [0, 0.1) is 0 Å². The van der Waals surface area contributed by atoms with E-state index in [0.717, 1.165) is 19.3 Å². The van der Waals surface area contributed by atoms with Crippen LogP contribution in [0.3, 0.4) is 0 Å². The molecule has 6 heteroatoms. The molecule has 1 aliphatic carbocycles. The smallest absolute Gasteiger partial charge is 0.307 e. The maximum atomic E-state index is 11.5. The summed E-state index contributed by atoms with van der Waals surface area (Å²) >= 11 is 0. The molecule has 0 bridgehead atoms. The van der Waals surface area contributed by atoms with E-state index in [1.807, 2.05) is 0 Å². The molecule has 0 aliphatic heterocycles. The van der Waals surface area contributed by atoms with Crippen LogP contribution in [0.2, 0.25) is 0 Å². The summed E-state index contributed by atoms with van der Waals surface area (Å²) in [6.07, 6.45) is 3.25. The first-order valence-corrected chi connectivity index (χ1v) is 6.75. The van der Waals surface area contributed by atoms with Gasteiger partial charge in [-0.1, -0.05) is 0 Å².